The van der Waals surface area contributed by atoms with Crippen LogP contribution in [0.25, 0.3) is 0 Å². The molecule has 6 nitrogen and oxygen atoms in total. The molecule has 0 saturated carbocycles. The summed E-state index contributed by atoms with van der Waals surface area (Å²) in [6, 6.07) is 4.96. The summed E-state index contributed by atoms with van der Waals surface area (Å²) in [5.41, 5.74) is 6.49. The molecule has 2 aliphatic rings. The number of carbonyl (C=O) groups excluding carboxylic acids is 2. The number of ether oxygens (including phenoxy) is 1. The maximum Gasteiger partial charge on any atom is 0.255 e. The number of hydrogen-bond donors (Lipinski definition) is 2. The first-order chi connectivity index (χ1) is 12.1. The molecule has 2 fully saturated rings. The summed E-state index contributed by atoms with van der Waals surface area (Å²) in [5, 5.41) is 3.29. The minimum Gasteiger partial charge on any atom is -0.364 e. The first-order valence-corrected chi connectivity index (χ1v) is 9.21. The van der Waals surface area contributed by atoms with Gasteiger partial charge in [-0.1, -0.05) is 11.6 Å². The van der Waals surface area contributed by atoms with Gasteiger partial charge in [-0.25, -0.2) is 0 Å². The molecular formula is C18H24ClN3O3. The Labute approximate surface area is 152 Å². The van der Waals surface area contributed by atoms with E-state index in [2.05, 4.69) is 5.32 Å². The molecule has 3 rings (SSSR count). The average Bonchev–Trinajstić information content (AvgIpc) is 3.11. The Bertz CT molecular complexity index is 646. The Balaban J connectivity index is 1.75. The van der Waals surface area contributed by atoms with Crippen LogP contribution in [0.15, 0.2) is 18.2 Å². The Morgan fingerprint density at radius 3 is 2.68 bits per heavy atom. The highest BCUT2D eigenvalue weighted by Crippen LogP contribution is 2.26. The first kappa shape index (κ1) is 18.2. The van der Waals surface area contributed by atoms with E-state index in [1.54, 1.807) is 18.2 Å². The van der Waals surface area contributed by atoms with Crippen molar-refractivity contribution in [1.82, 2.24) is 4.90 Å². The lowest BCUT2D eigenvalue weighted by Gasteiger charge is -2.27. The summed E-state index contributed by atoms with van der Waals surface area (Å²) in [6.07, 6.45) is 3.95. The molecule has 1 aromatic carbocycles. The molecule has 25 heavy (non-hydrogen) atoms. The third-order valence-electron chi connectivity index (χ3n) is 4.78. The molecule has 2 heterocycles. The van der Waals surface area contributed by atoms with E-state index in [-0.39, 0.29) is 17.9 Å². The zero-order chi connectivity index (χ0) is 17.8. The monoisotopic (exact) mass is 365 g/mol. The van der Waals surface area contributed by atoms with Crippen molar-refractivity contribution in [3.05, 3.63) is 28.8 Å². The highest BCUT2D eigenvalue weighted by Gasteiger charge is 2.31. The van der Waals surface area contributed by atoms with Gasteiger partial charge in [0, 0.05) is 24.7 Å². The Morgan fingerprint density at radius 2 is 2.00 bits per heavy atom. The summed E-state index contributed by atoms with van der Waals surface area (Å²) < 4.78 is 5.63. The third-order valence-corrected chi connectivity index (χ3v) is 5.01. The molecule has 3 N–H and O–H groups in total. The van der Waals surface area contributed by atoms with Gasteiger partial charge in [0.25, 0.3) is 11.8 Å². The lowest BCUT2D eigenvalue weighted by atomic mass is 10.1. The summed E-state index contributed by atoms with van der Waals surface area (Å²) >= 11 is 6.07. The number of benzene rings is 1. The lowest BCUT2D eigenvalue weighted by molar-refractivity contribution is -0.126. The van der Waals surface area contributed by atoms with Gasteiger partial charge in [0.15, 0.2) is 0 Å². The van der Waals surface area contributed by atoms with Gasteiger partial charge in [-0.05, 0) is 50.3 Å². The van der Waals surface area contributed by atoms with Crippen LogP contribution in [0, 0.1) is 0 Å². The van der Waals surface area contributed by atoms with E-state index in [0.29, 0.717) is 29.2 Å². The van der Waals surface area contributed by atoms with Gasteiger partial charge in [0.2, 0.25) is 0 Å². The number of nitrogens with zero attached hydrogens (tertiary/aromatic N) is 1. The number of nitrogens with one attached hydrogen (secondary N) is 1. The fraction of sp³-hybridized carbons (Fsp3) is 0.556. The van der Waals surface area contributed by atoms with E-state index in [9.17, 15) is 9.59 Å². The summed E-state index contributed by atoms with van der Waals surface area (Å²) in [6.45, 7) is 1.90. The van der Waals surface area contributed by atoms with Crippen molar-refractivity contribution in [2.45, 2.75) is 44.3 Å². The standard InChI is InChI=1S/C18H24ClN3O3/c19-12-4-6-14(18(24)22-8-2-1-3-9-22)15(10-12)21-17(23)16-7-5-13(11-20)25-16/h4,6,10,13,16H,1-3,5,7-9,11,20H2,(H,21,23)/t13-,16+/m1/s1. The van der Waals surface area contributed by atoms with Crippen LogP contribution in [-0.4, -0.2) is 48.6 Å². The molecule has 2 amide bonds. The van der Waals surface area contributed by atoms with Crippen LogP contribution in [0.4, 0.5) is 5.69 Å². The predicted octanol–water partition coefficient (Wildman–Crippen LogP) is 2.41. The van der Waals surface area contributed by atoms with Crippen LogP contribution in [0.5, 0.6) is 0 Å². The maximum absolute atomic E-state index is 12.8. The second kappa shape index (κ2) is 8.17. The Kier molecular flexibility index (Phi) is 5.93. The van der Waals surface area contributed by atoms with Crippen LogP contribution < -0.4 is 11.1 Å². The predicted molar refractivity (Wildman–Crippen MR) is 96.8 cm³/mol. The summed E-state index contributed by atoms with van der Waals surface area (Å²) in [7, 11) is 0. The van der Waals surface area contributed by atoms with E-state index in [0.717, 1.165) is 38.8 Å². The van der Waals surface area contributed by atoms with Crippen molar-refractivity contribution < 1.29 is 14.3 Å². The normalized spacial score (nSPS) is 23.5. The Hall–Kier alpha value is -1.63. The molecular weight excluding hydrogens is 342 g/mol. The van der Waals surface area contributed by atoms with Gasteiger partial charge in [-0.3, -0.25) is 9.59 Å². The third kappa shape index (κ3) is 4.32. The van der Waals surface area contributed by atoms with E-state index in [1.807, 2.05) is 4.90 Å². The van der Waals surface area contributed by atoms with Crippen molar-refractivity contribution in [1.29, 1.82) is 0 Å². The molecule has 136 valence electrons. The van der Waals surface area contributed by atoms with Crippen LogP contribution in [0.3, 0.4) is 0 Å². The molecule has 2 saturated heterocycles. The van der Waals surface area contributed by atoms with Crippen molar-refractivity contribution in [3.8, 4) is 0 Å². The first-order valence-electron chi connectivity index (χ1n) is 8.83. The van der Waals surface area contributed by atoms with Crippen LogP contribution >= 0.6 is 11.6 Å². The fourth-order valence-corrected chi connectivity index (χ4v) is 3.53. The number of anilines is 1. The molecule has 0 spiro atoms. The number of carbonyl (C=O) groups is 2. The van der Waals surface area contributed by atoms with Gasteiger partial charge in [0.1, 0.15) is 6.10 Å². The quantitative estimate of drug-likeness (QED) is 0.858. The number of amides is 2. The van der Waals surface area contributed by atoms with Crippen LogP contribution in [-0.2, 0) is 9.53 Å². The van der Waals surface area contributed by atoms with Gasteiger partial charge >= 0.3 is 0 Å². The topological polar surface area (TPSA) is 84.7 Å². The van der Waals surface area contributed by atoms with Gasteiger partial charge < -0.3 is 20.7 Å². The Morgan fingerprint density at radius 1 is 1.24 bits per heavy atom. The second-order valence-electron chi connectivity index (χ2n) is 6.59. The minimum absolute atomic E-state index is 0.0705. The number of likely N-dealkylation sites (tertiary alicyclic amines) is 1. The largest absolute Gasteiger partial charge is 0.364 e. The SMILES string of the molecule is NC[C@H]1CC[C@@H](C(=O)Nc2cc(Cl)ccc2C(=O)N2CCCCC2)O1. The zero-order valence-corrected chi connectivity index (χ0v) is 14.9. The summed E-state index contributed by atoms with van der Waals surface area (Å²) in [4.78, 5) is 27.1. The zero-order valence-electron chi connectivity index (χ0n) is 14.2. The highest BCUT2D eigenvalue weighted by atomic mass is 35.5. The van der Waals surface area contributed by atoms with E-state index >= 15 is 0 Å². The molecule has 0 unspecified atom stereocenters. The average molecular weight is 366 g/mol. The number of halogens is 1. The number of nitrogens with two attached hydrogens (primary N) is 1. The van der Waals surface area contributed by atoms with Crippen molar-refractivity contribution >= 4 is 29.1 Å². The van der Waals surface area contributed by atoms with Gasteiger partial charge in [0.05, 0.1) is 17.4 Å². The van der Waals surface area contributed by atoms with Gasteiger partial charge in [-0.2, -0.15) is 0 Å². The number of piperidine rings is 1. The van der Waals surface area contributed by atoms with Crippen LogP contribution in [0.1, 0.15) is 42.5 Å². The lowest BCUT2D eigenvalue weighted by Crippen LogP contribution is -2.36. The molecule has 0 aliphatic carbocycles. The van der Waals surface area contributed by atoms with E-state index in [1.165, 1.54) is 0 Å². The van der Waals surface area contributed by atoms with Crippen molar-refractivity contribution in [2.24, 2.45) is 5.73 Å². The maximum atomic E-state index is 12.8. The fourth-order valence-electron chi connectivity index (χ4n) is 3.36. The second-order valence-corrected chi connectivity index (χ2v) is 7.03. The van der Waals surface area contributed by atoms with Crippen LogP contribution in [0.2, 0.25) is 5.02 Å². The van der Waals surface area contributed by atoms with E-state index < -0.39 is 6.10 Å². The van der Waals surface area contributed by atoms with Gasteiger partial charge in [-0.15, -0.1) is 0 Å². The minimum atomic E-state index is -0.537. The molecule has 1 aromatic rings. The molecule has 2 aliphatic heterocycles. The number of hydrogen-bond acceptors (Lipinski definition) is 4. The number of rotatable bonds is 4. The smallest absolute Gasteiger partial charge is 0.255 e. The molecule has 0 radical (unpaired) electrons. The molecule has 0 bridgehead atoms. The summed E-state index contributed by atoms with van der Waals surface area (Å²) in [5.74, 6) is -0.329. The molecule has 7 heteroatoms. The highest BCUT2D eigenvalue weighted by molar-refractivity contribution is 6.31. The van der Waals surface area contributed by atoms with E-state index in [4.69, 9.17) is 22.1 Å². The van der Waals surface area contributed by atoms with Crippen molar-refractivity contribution in [2.75, 3.05) is 25.0 Å². The molecule has 2 atom stereocenters. The molecule has 0 aromatic heterocycles. The van der Waals surface area contributed by atoms with Crippen molar-refractivity contribution in [3.63, 3.8) is 0 Å².